The van der Waals surface area contributed by atoms with Gasteiger partial charge >= 0.3 is 0 Å². The van der Waals surface area contributed by atoms with E-state index in [-0.39, 0.29) is 0 Å². The summed E-state index contributed by atoms with van der Waals surface area (Å²) in [5.74, 6) is 0.967. The maximum atomic E-state index is 4.89. The Morgan fingerprint density at radius 2 is 1.46 bits per heavy atom. The predicted octanol–water partition coefficient (Wildman–Crippen LogP) is 6.35. The van der Waals surface area contributed by atoms with Crippen molar-refractivity contribution in [1.29, 1.82) is 0 Å². The fourth-order valence-corrected chi connectivity index (χ4v) is 4.16. The number of nitrogens with one attached hydrogen (secondary N) is 1. The summed E-state index contributed by atoms with van der Waals surface area (Å²) in [6.45, 7) is 18.1. The third kappa shape index (κ3) is 5.07. The van der Waals surface area contributed by atoms with Crippen LogP contribution in [0.4, 0.5) is 5.69 Å². The average Bonchev–Trinajstić information content (AvgIpc) is 2.53. The molecule has 0 aliphatic carbocycles. The van der Waals surface area contributed by atoms with Crippen molar-refractivity contribution in [3.63, 3.8) is 0 Å². The van der Waals surface area contributed by atoms with Crippen LogP contribution in [0.15, 0.2) is 42.1 Å². The second-order valence-corrected chi connectivity index (χ2v) is 13.8. The van der Waals surface area contributed by atoms with Gasteiger partial charge in [-0.05, 0) is 48.1 Å². The number of hydrogen-bond donors (Lipinski definition) is 1. The van der Waals surface area contributed by atoms with Crippen molar-refractivity contribution in [3.8, 4) is 0 Å². The Bertz CT molecular complexity index is 757. The Kier molecular flexibility index (Phi) is 6.46. The van der Waals surface area contributed by atoms with E-state index < -0.39 is 8.07 Å². The summed E-state index contributed by atoms with van der Waals surface area (Å²) in [6, 6.07) is 13.0. The van der Waals surface area contributed by atoms with E-state index in [1.54, 1.807) is 0 Å². The summed E-state index contributed by atoms with van der Waals surface area (Å²) in [5, 5.41) is 4.94. The Balaban J connectivity index is 2.38. The molecule has 0 aliphatic rings. The highest BCUT2D eigenvalue weighted by Gasteiger charge is 2.18. The Morgan fingerprint density at radius 1 is 0.923 bits per heavy atom. The van der Waals surface area contributed by atoms with Crippen LogP contribution in [0, 0.1) is 0 Å². The Hall–Kier alpha value is -1.87. The van der Waals surface area contributed by atoms with E-state index in [1.807, 2.05) is 0 Å². The first-order valence-electron chi connectivity index (χ1n) is 9.65. The molecule has 0 radical (unpaired) electrons. The van der Waals surface area contributed by atoms with E-state index in [1.165, 1.54) is 22.1 Å². The number of aromatic nitrogens is 1. The maximum Gasteiger partial charge on any atom is 0.101 e. The van der Waals surface area contributed by atoms with Crippen molar-refractivity contribution in [2.45, 2.75) is 66.1 Å². The SMILES string of the molecule is C/C(=C\c1cccc([Si](C)(C)C)n1)Nc1c(C(C)C)cccc1C(C)C. The Morgan fingerprint density at radius 3 is 1.96 bits per heavy atom. The van der Waals surface area contributed by atoms with Gasteiger partial charge in [-0.2, -0.15) is 0 Å². The lowest BCUT2D eigenvalue weighted by molar-refractivity contribution is 0.837. The van der Waals surface area contributed by atoms with Crippen LogP contribution in [0.2, 0.25) is 19.6 Å². The van der Waals surface area contributed by atoms with E-state index in [0.29, 0.717) is 11.8 Å². The van der Waals surface area contributed by atoms with Gasteiger partial charge < -0.3 is 5.32 Å². The number of hydrogen-bond acceptors (Lipinski definition) is 2. The number of anilines is 1. The van der Waals surface area contributed by atoms with E-state index in [4.69, 9.17) is 4.98 Å². The molecule has 0 saturated heterocycles. The van der Waals surface area contributed by atoms with Gasteiger partial charge in [0, 0.05) is 16.7 Å². The van der Waals surface area contributed by atoms with Gasteiger partial charge in [0.15, 0.2) is 0 Å². The van der Waals surface area contributed by atoms with Crippen LogP contribution >= 0.6 is 0 Å². The molecule has 0 bridgehead atoms. The first-order valence-corrected chi connectivity index (χ1v) is 13.1. The molecule has 1 aromatic carbocycles. The molecular weight excluding hydrogens is 332 g/mol. The van der Waals surface area contributed by atoms with Crippen LogP contribution in [-0.4, -0.2) is 13.1 Å². The van der Waals surface area contributed by atoms with E-state index in [9.17, 15) is 0 Å². The van der Waals surface area contributed by atoms with E-state index in [0.717, 1.165) is 11.4 Å². The molecule has 0 amide bonds. The molecule has 140 valence electrons. The molecule has 2 nitrogen and oxygen atoms in total. The second kappa shape index (κ2) is 8.21. The van der Waals surface area contributed by atoms with Gasteiger partial charge in [-0.1, -0.05) is 71.6 Å². The van der Waals surface area contributed by atoms with Crippen LogP contribution in [0.3, 0.4) is 0 Å². The number of allylic oxidation sites excluding steroid dienone is 1. The van der Waals surface area contributed by atoms with Crippen LogP contribution in [0.25, 0.3) is 6.08 Å². The lowest BCUT2D eigenvalue weighted by atomic mass is 9.92. The number of para-hydroxylation sites is 1. The third-order valence-electron chi connectivity index (χ3n) is 4.60. The minimum absolute atomic E-state index is 0.484. The van der Waals surface area contributed by atoms with Crippen molar-refractivity contribution in [3.05, 3.63) is 58.9 Å². The highest BCUT2D eigenvalue weighted by molar-refractivity contribution is 6.88. The number of benzene rings is 1. The van der Waals surface area contributed by atoms with Gasteiger partial charge in [-0.3, -0.25) is 4.98 Å². The third-order valence-corrected chi connectivity index (χ3v) is 6.41. The molecule has 1 aromatic heterocycles. The molecule has 1 heterocycles. The second-order valence-electron chi connectivity index (χ2n) is 8.77. The molecule has 0 spiro atoms. The van der Waals surface area contributed by atoms with Gasteiger partial charge in [0.25, 0.3) is 0 Å². The van der Waals surface area contributed by atoms with Gasteiger partial charge in [-0.25, -0.2) is 0 Å². The van der Waals surface area contributed by atoms with Crippen LogP contribution in [-0.2, 0) is 0 Å². The summed E-state index contributed by atoms with van der Waals surface area (Å²) < 4.78 is 0. The van der Waals surface area contributed by atoms with Crippen molar-refractivity contribution in [1.82, 2.24) is 4.98 Å². The fraction of sp³-hybridized carbons (Fsp3) is 0.435. The summed E-state index contributed by atoms with van der Waals surface area (Å²) in [6.07, 6.45) is 2.16. The lowest BCUT2D eigenvalue weighted by Crippen LogP contribution is -2.40. The van der Waals surface area contributed by atoms with Crippen LogP contribution in [0.5, 0.6) is 0 Å². The summed E-state index contributed by atoms with van der Waals surface area (Å²) in [5.41, 5.74) is 6.15. The van der Waals surface area contributed by atoms with Crippen molar-refractivity contribution >= 4 is 25.2 Å². The predicted molar refractivity (Wildman–Crippen MR) is 119 cm³/mol. The normalized spacial score (nSPS) is 12.8. The molecule has 0 unspecified atom stereocenters. The number of nitrogens with zero attached hydrogens (tertiary/aromatic N) is 1. The first-order chi connectivity index (χ1) is 12.1. The molecule has 0 saturated carbocycles. The topological polar surface area (TPSA) is 24.9 Å². The molecule has 26 heavy (non-hydrogen) atoms. The van der Waals surface area contributed by atoms with Crippen LogP contribution in [0.1, 0.15) is 63.3 Å². The van der Waals surface area contributed by atoms with Crippen molar-refractivity contribution in [2.24, 2.45) is 0 Å². The highest BCUT2D eigenvalue weighted by atomic mass is 28.3. The van der Waals surface area contributed by atoms with E-state index >= 15 is 0 Å². The monoisotopic (exact) mass is 366 g/mol. The maximum absolute atomic E-state index is 4.89. The minimum Gasteiger partial charge on any atom is -0.359 e. The fourth-order valence-electron chi connectivity index (χ4n) is 3.10. The molecule has 0 aliphatic heterocycles. The van der Waals surface area contributed by atoms with Crippen molar-refractivity contribution < 1.29 is 0 Å². The summed E-state index contributed by atoms with van der Waals surface area (Å²) in [4.78, 5) is 4.89. The summed E-state index contributed by atoms with van der Waals surface area (Å²) >= 11 is 0. The standard InChI is InChI=1S/C23H34N2Si/c1-16(2)20-12-10-13-21(17(3)4)23(20)24-18(5)15-19-11-9-14-22(25-19)26(6,7)8/h9-17,24H,1-8H3/b18-15+. The van der Waals surface area contributed by atoms with Gasteiger partial charge in [0.05, 0.1) is 5.69 Å². The van der Waals surface area contributed by atoms with Gasteiger partial charge in [-0.15, -0.1) is 0 Å². The van der Waals surface area contributed by atoms with Gasteiger partial charge in [0.1, 0.15) is 8.07 Å². The van der Waals surface area contributed by atoms with E-state index in [2.05, 4.69) is 102 Å². The highest BCUT2D eigenvalue weighted by Crippen LogP contribution is 2.33. The quantitative estimate of drug-likeness (QED) is 0.603. The van der Waals surface area contributed by atoms with Gasteiger partial charge in [0.2, 0.25) is 0 Å². The smallest absolute Gasteiger partial charge is 0.101 e. The van der Waals surface area contributed by atoms with Crippen LogP contribution < -0.4 is 10.6 Å². The minimum atomic E-state index is -1.40. The average molecular weight is 367 g/mol. The molecule has 0 atom stereocenters. The zero-order chi connectivity index (χ0) is 19.5. The zero-order valence-electron chi connectivity index (χ0n) is 17.6. The Labute approximate surface area is 160 Å². The lowest BCUT2D eigenvalue weighted by Gasteiger charge is -2.21. The van der Waals surface area contributed by atoms with Crippen molar-refractivity contribution in [2.75, 3.05) is 5.32 Å². The molecular formula is C23H34N2Si. The number of pyridine rings is 1. The summed E-state index contributed by atoms with van der Waals surface area (Å²) in [7, 11) is -1.40. The molecule has 2 aromatic rings. The molecule has 0 fully saturated rings. The first kappa shape index (κ1) is 20.4. The zero-order valence-corrected chi connectivity index (χ0v) is 18.6. The molecule has 3 heteroatoms. The molecule has 2 rings (SSSR count). The molecule has 1 N–H and O–H groups in total. The largest absolute Gasteiger partial charge is 0.359 e. The number of rotatable bonds is 6.